The molecule has 8 heteroatoms. The van der Waals surface area contributed by atoms with Gasteiger partial charge in [-0.15, -0.1) is 0 Å². The predicted molar refractivity (Wildman–Crippen MR) is 129 cm³/mol. The number of sulfonamides is 1. The maximum atomic E-state index is 13.4. The molecule has 2 aliphatic heterocycles. The van der Waals surface area contributed by atoms with Crippen LogP contribution in [0, 0.1) is 0 Å². The van der Waals surface area contributed by atoms with Crippen molar-refractivity contribution in [3.05, 3.63) is 65.7 Å². The molecule has 0 radical (unpaired) electrons. The zero-order chi connectivity index (χ0) is 23.3. The number of benzene rings is 2. The van der Waals surface area contributed by atoms with Crippen LogP contribution in [-0.2, 0) is 10.0 Å². The molecule has 2 heterocycles. The maximum Gasteiger partial charge on any atom is 0.254 e. The normalized spacial score (nSPS) is 20.3. The molecule has 4 rings (SSSR count). The summed E-state index contributed by atoms with van der Waals surface area (Å²) < 4.78 is 26.4. The molecule has 2 aromatic carbocycles. The molecular weight excluding hydrogens is 438 g/mol. The SMILES string of the molecule is O=C(NCC[C@@H]1CCCCN1C(=O)c1cccc(N2CCCCS2(=O)=O)c1)c1ccccc1. The van der Waals surface area contributed by atoms with E-state index < -0.39 is 10.0 Å². The van der Waals surface area contributed by atoms with Crippen LogP contribution in [0.5, 0.6) is 0 Å². The second-order valence-corrected chi connectivity index (χ2v) is 10.7. The molecule has 2 amide bonds. The minimum absolute atomic E-state index is 0.0460. The lowest BCUT2D eigenvalue weighted by Crippen LogP contribution is -2.45. The van der Waals surface area contributed by atoms with Gasteiger partial charge in [0.15, 0.2) is 0 Å². The van der Waals surface area contributed by atoms with Crippen molar-refractivity contribution in [3.63, 3.8) is 0 Å². The predicted octanol–water partition coefficient (Wildman–Crippen LogP) is 3.43. The molecule has 0 bridgehead atoms. The lowest BCUT2D eigenvalue weighted by atomic mass is 9.98. The van der Waals surface area contributed by atoms with Crippen LogP contribution in [0.2, 0.25) is 0 Å². The number of rotatable bonds is 6. The maximum absolute atomic E-state index is 13.4. The monoisotopic (exact) mass is 469 g/mol. The topological polar surface area (TPSA) is 86.8 Å². The minimum Gasteiger partial charge on any atom is -0.352 e. The molecule has 2 aromatic rings. The molecule has 2 fully saturated rings. The summed E-state index contributed by atoms with van der Waals surface area (Å²) >= 11 is 0. The second-order valence-electron chi connectivity index (χ2n) is 8.70. The van der Waals surface area contributed by atoms with Crippen LogP contribution in [0.4, 0.5) is 5.69 Å². The highest BCUT2D eigenvalue weighted by Gasteiger charge is 2.29. The Labute approximate surface area is 195 Å². The Morgan fingerprint density at radius 2 is 1.67 bits per heavy atom. The van der Waals surface area contributed by atoms with E-state index in [2.05, 4.69) is 5.32 Å². The molecule has 0 unspecified atom stereocenters. The van der Waals surface area contributed by atoms with E-state index in [0.29, 0.717) is 49.3 Å². The Morgan fingerprint density at radius 3 is 2.45 bits per heavy atom. The third-order valence-corrected chi connectivity index (χ3v) is 8.29. The van der Waals surface area contributed by atoms with E-state index in [-0.39, 0.29) is 23.6 Å². The summed E-state index contributed by atoms with van der Waals surface area (Å²) in [5.41, 5.74) is 1.69. The highest BCUT2D eigenvalue weighted by Crippen LogP contribution is 2.27. The first-order valence-corrected chi connectivity index (χ1v) is 13.3. The average Bonchev–Trinajstić information content (AvgIpc) is 2.84. The van der Waals surface area contributed by atoms with Gasteiger partial charge in [-0.3, -0.25) is 13.9 Å². The van der Waals surface area contributed by atoms with Crippen molar-refractivity contribution in [1.29, 1.82) is 0 Å². The number of hydrogen-bond acceptors (Lipinski definition) is 4. The molecule has 0 saturated carbocycles. The summed E-state index contributed by atoms with van der Waals surface area (Å²) in [4.78, 5) is 27.6. The average molecular weight is 470 g/mol. The van der Waals surface area contributed by atoms with Gasteiger partial charge in [0, 0.05) is 36.8 Å². The number of piperidine rings is 1. The Bertz CT molecular complexity index is 1090. The standard InChI is InChI=1S/C25H31N3O4S/c29-24(20-9-2-1-3-10-20)26-15-14-22-12-4-5-16-27(22)25(30)21-11-8-13-23(19-21)28-17-6-7-18-33(28,31)32/h1-3,8-11,13,19,22H,4-7,12,14-18H2,(H,26,29)/t22-/m0/s1. The van der Waals surface area contributed by atoms with E-state index in [9.17, 15) is 18.0 Å². The molecule has 0 aliphatic carbocycles. The molecule has 176 valence electrons. The smallest absolute Gasteiger partial charge is 0.254 e. The van der Waals surface area contributed by atoms with Crippen molar-refractivity contribution >= 4 is 27.5 Å². The van der Waals surface area contributed by atoms with Crippen LogP contribution in [-0.4, -0.2) is 56.6 Å². The molecule has 33 heavy (non-hydrogen) atoms. The molecule has 0 aromatic heterocycles. The number of hydrogen-bond donors (Lipinski definition) is 1. The Hall–Kier alpha value is -2.87. The van der Waals surface area contributed by atoms with Gasteiger partial charge in [0.2, 0.25) is 10.0 Å². The van der Waals surface area contributed by atoms with Gasteiger partial charge in [0.25, 0.3) is 11.8 Å². The number of carbonyl (C=O) groups excluding carboxylic acids is 2. The lowest BCUT2D eigenvalue weighted by molar-refractivity contribution is 0.0601. The Kier molecular flexibility index (Phi) is 7.33. The van der Waals surface area contributed by atoms with Crippen LogP contribution < -0.4 is 9.62 Å². The van der Waals surface area contributed by atoms with E-state index in [1.54, 1.807) is 36.4 Å². The van der Waals surface area contributed by atoms with Crippen LogP contribution in [0.25, 0.3) is 0 Å². The second kappa shape index (κ2) is 10.4. The number of amides is 2. The molecule has 7 nitrogen and oxygen atoms in total. The van der Waals surface area contributed by atoms with Crippen molar-refractivity contribution < 1.29 is 18.0 Å². The third-order valence-electron chi connectivity index (χ3n) is 6.42. The van der Waals surface area contributed by atoms with Gasteiger partial charge in [-0.1, -0.05) is 24.3 Å². The third kappa shape index (κ3) is 5.55. The van der Waals surface area contributed by atoms with Gasteiger partial charge in [0.05, 0.1) is 11.4 Å². The molecule has 1 N–H and O–H groups in total. The fraction of sp³-hybridized carbons (Fsp3) is 0.440. The summed E-state index contributed by atoms with van der Waals surface area (Å²) in [6.45, 7) is 1.62. The zero-order valence-electron chi connectivity index (χ0n) is 18.8. The first-order valence-electron chi connectivity index (χ1n) is 11.7. The fourth-order valence-electron chi connectivity index (χ4n) is 4.65. The van der Waals surface area contributed by atoms with Gasteiger partial charge >= 0.3 is 0 Å². The highest BCUT2D eigenvalue weighted by molar-refractivity contribution is 7.92. The van der Waals surface area contributed by atoms with Gasteiger partial charge < -0.3 is 10.2 Å². The zero-order valence-corrected chi connectivity index (χ0v) is 19.6. The number of nitrogens with zero attached hydrogens (tertiary/aromatic N) is 2. The van der Waals surface area contributed by atoms with Gasteiger partial charge in [-0.05, 0) is 68.9 Å². The number of carbonyl (C=O) groups is 2. The van der Waals surface area contributed by atoms with Gasteiger partial charge in [-0.25, -0.2) is 8.42 Å². The van der Waals surface area contributed by atoms with E-state index in [0.717, 1.165) is 25.7 Å². The van der Waals surface area contributed by atoms with Crippen molar-refractivity contribution in [1.82, 2.24) is 10.2 Å². The van der Waals surface area contributed by atoms with Crippen molar-refractivity contribution in [3.8, 4) is 0 Å². The molecule has 1 atom stereocenters. The quantitative estimate of drug-likeness (QED) is 0.702. The minimum atomic E-state index is -3.33. The summed E-state index contributed by atoms with van der Waals surface area (Å²) in [5, 5.41) is 2.96. The van der Waals surface area contributed by atoms with Crippen molar-refractivity contribution in [2.45, 2.75) is 44.6 Å². The van der Waals surface area contributed by atoms with Crippen LogP contribution in [0.1, 0.15) is 59.2 Å². The summed E-state index contributed by atoms with van der Waals surface area (Å²) in [5.74, 6) is -0.0428. The van der Waals surface area contributed by atoms with E-state index in [4.69, 9.17) is 0 Å². The number of nitrogens with one attached hydrogen (secondary N) is 1. The summed E-state index contributed by atoms with van der Waals surface area (Å²) in [6, 6.07) is 16.1. The summed E-state index contributed by atoms with van der Waals surface area (Å²) in [6.07, 6.45) is 5.07. The number of anilines is 1. The molecule has 2 aliphatic rings. The van der Waals surface area contributed by atoms with Crippen LogP contribution >= 0.6 is 0 Å². The van der Waals surface area contributed by atoms with E-state index in [1.807, 2.05) is 23.1 Å². The van der Waals surface area contributed by atoms with E-state index in [1.165, 1.54) is 4.31 Å². The lowest BCUT2D eigenvalue weighted by Gasteiger charge is -2.36. The fourth-order valence-corrected chi connectivity index (χ4v) is 6.28. The van der Waals surface area contributed by atoms with E-state index >= 15 is 0 Å². The highest BCUT2D eigenvalue weighted by atomic mass is 32.2. The number of likely N-dealkylation sites (tertiary alicyclic amines) is 1. The van der Waals surface area contributed by atoms with Gasteiger partial charge in [-0.2, -0.15) is 0 Å². The first-order chi connectivity index (χ1) is 16.0. The Balaban J connectivity index is 1.42. The summed E-state index contributed by atoms with van der Waals surface area (Å²) in [7, 11) is -3.33. The molecule has 0 spiro atoms. The molecular formula is C25H31N3O4S. The largest absolute Gasteiger partial charge is 0.352 e. The van der Waals surface area contributed by atoms with Crippen LogP contribution in [0.15, 0.2) is 54.6 Å². The van der Waals surface area contributed by atoms with Crippen molar-refractivity contribution in [2.75, 3.05) is 29.7 Å². The first kappa shape index (κ1) is 23.3. The molecule has 2 saturated heterocycles. The Morgan fingerprint density at radius 1 is 0.909 bits per heavy atom. The van der Waals surface area contributed by atoms with Crippen molar-refractivity contribution in [2.24, 2.45) is 0 Å². The van der Waals surface area contributed by atoms with Crippen LogP contribution in [0.3, 0.4) is 0 Å². The van der Waals surface area contributed by atoms with Gasteiger partial charge in [0.1, 0.15) is 0 Å².